The summed E-state index contributed by atoms with van der Waals surface area (Å²) in [5.41, 5.74) is 3.18. The molecule has 0 unspecified atom stereocenters. The first kappa shape index (κ1) is 13.3. The van der Waals surface area contributed by atoms with Gasteiger partial charge in [0.2, 0.25) is 5.95 Å². The molecule has 0 atom stereocenters. The molecule has 0 saturated carbocycles. The number of methoxy groups -OCH3 is 1. The molecule has 100 valence electrons. The molecule has 0 fully saturated rings. The first-order chi connectivity index (χ1) is 9.08. The van der Waals surface area contributed by atoms with Crippen LogP contribution in [0.15, 0.2) is 30.3 Å². The second-order valence-corrected chi connectivity index (χ2v) is 4.65. The molecule has 2 aromatic rings. The molecule has 0 aliphatic heterocycles. The molecule has 1 heterocycles. The van der Waals surface area contributed by atoms with E-state index in [1.165, 1.54) is 5.56 Å². The van der Waals surface area contributed by atoms with Crippen LogP contribution in [0.2, 0.25) is 0 Å². The zero-order valence-electron chi connectivity index (χ0n) is 11.8. The molecular formula is C15H19N3O. The first-order valence-electron chi connectivity index (χ1n) is 6.25. The predicted molar refractivity (Wildman–Crippen MR) is 76.6 cm³/mol. The summed E-state index contributed by atoms with van der Waals surface area (Å²) < 4.78 is 5.15. The summed E-state index contributed by atoms with van der Waals surface area (Å²) in [5, 5.41) is 0. The summed E-state index contributed by atoms with van der Waals surface area (Å²) in [7, 11) is 3.67. The summed E-state index contributed by atoms with van der Waals surface area (Å²) in [6.45, 7) is 4.74. The quantitative estimate of drug-likeness (QED) is 0.844. The van der Waals surface area contributed by atoms with E-state index in [0.717, 1.165) is 29.6 Å². The van der Waals surface area contributed by atoms with Crippen LogP contribution < -0.4 is 9.64 Å². The maximum atomic E-state index is 5.15. The summed E-state index contributed by atoms with van der Waals surface area (Å²) in [5.74, 6) is 1.63. The van der Waals surface area contributed by atoms with Crippen molar-refractivity contribution in [2.24, 2.45) is 0 Å². The van der Waals surface area contributed by atoms with Crippen molar-refractivity contribution < 1.29 is 4.74 Å². The van der Waals surface area contributed by atoms with Crippen molar-refractivity contribution in [2.75, 3.05) is 19.1 Å². The van der Waals surface area contributed by atoms with Crippen LogP contribution in [-0.2, 0) is 6.54 Å². The highest BCUT2D eigenvalue weighted by atomic mass is 16.5. The highest BCUT2D eigenvalue weighted by Gasteiger charge is 2.06. The number of anilines is 1. The molecule has 0 amide bonds. The van der Waals surface area contributed by atoms with Gasteiger partial charge in [0, 0.05) is 25.0 Å². The van der Waals surface area contributed by atoms with Gasteiger partial charge in [-0.1, -0.05) is 12.1 Å². The topological polar surface area (TPSA) is 38.2 Å². The van der Waals surface area contributed by atoms with Crippen LogP contribution in [0.4, 0.5) is 5.95 Å². The van der Waals surface area contributed by atoms with Gasteiger partial charge in [-0.25, -0.2) is 9.97 Å². The largest absolute Gasteiger partial charge is 0.497 e. The zero-order chi connectivity index (χ0) is 13.8. The highest BCUT2D eigenvalue weighted by molar-refractivity contribution is 5.34. The fourth-order valence-corrected chi connectivity index (χ4v) is 1.95. The van der Waals surface area contributed by atoms with Gasteiger partial charge in [-0.15, -0.1) is 0 Å². The summed E-state index contributed by atoms with van der Waals surface area (Å²) in [6.07, 6.45) is 0. The maximum absolute atomic E-state index is 5.15. The van der Waals surface area contributed by atoms with Crippen LogP contribution in [0.3, 0.4) is 0 Å². The fraction of sp³-hybridized carbons (Fsp3) is 0.333. The van der Waals surface area contributed by atoms with E-state index in [0.29, 0.717) is 0 Å². The van der Waals surface area contributed by atoms with Crippen molar-refractivity contribution in [1.82, 2.24) is 9.97 Å². The van der Waals surface area contributed by atoms with Crippen LogP contribution in [0.5, 0.6) is 5.75 Å². The van der Waals surface area contributed by atoms with Crippen molar-refractivity contribution in [1.29, 1.82) is 0 Å². The van der Waals surface area contributed by atoms with Crippen molar-refractivity contribution in [3.8, 4) is 5.75 Å². The van der Waals surface area contributed by atoms with Crippen LogP contribution >= 0.6 is 0 Å². The average Bonchev–Trinajstić information content (AvgIpc) is 2.38. The molecule has 0 saturated heterocycles. The van der Waals surface area contributed by atoms with Crippen molar-refractivity contribution in [2.45, 2.75) is 20.4 Å². The lowest BCUT2D eigenvalue weighted by Crippen LogP contribution is -2.19. The number of aromatic nitrogens is 2. The Morgan fingerprint density at radius 2 is 1.63 bits per heavy atom. The third kappa shape index (κ3) is 3.44. The Morgan fingerprint density at radius 1 is 1.05 bits per heavy atom. The maximum Gasteiger partial charge on any atom is 0.225 e. The minimum atomic E-state index is 0.758. The molecule has 19 heavy (non-hydrogen) atoms. The van der Waals surface area contributed by atoms with E-state index in [-0.39, 0.29) is 0 Å². The number of nitrogens with zero attached hydrogens (tertiary/aromatic N) is 3. The molecule has 1 aromatic heterocycles. The lowest BCUT2D eigenvalue weighted by Gasteiger charge is -2.18. The SMILES string of the molecule is COc1ccc(CN(C)c2nc(C)cc(C)n2)cc1. The molecule has 4 heteroatoms. The Hall–Kier alpha value is -2.10. The molecule has 4 nitrogen and oxygen atoms in total. The molecule has 0 aliphatic rings. The number of ether oxygens (including phenoxy) is 1. The van der Waals surface area contributed by atoms with Crippen LogP contribution in [0.25, 0.3) is 0 Å². The highest BCUT2D eigenvalue weighted by Crippen LogP contribution is 2.15. The summed E-state index contributed by atoms with van der Waals surface area (Å²) >= 11 is 0. The van der Waals surface area contributed by atoms with Crippen LogP contribution in [-0.4, -0.2) is 24.1 Å². The van der Waals surface area contributed by atoms with E-state index in [4.69, 9.17) is 4.74 Å². The standard InChI is InChI=1S/C15H19N3O/c1-11-9-12(2)17-15(16-11)18(3)10-13-5-7-14(19-4)8-6-13/h5-9H,10H2,1-4H3. The Morgan fingerprint density at radius 3 is 2.16 bits per heavy atom. The molecule has 0 bridgehead atoms. The van der Waals surface area contributed by atoms with E-state index in [9.17, 15) is 0 Å². The van der Waals surface area contributed by atoms with Gasteiger partial charge < -0.3 is 9.64 Å². The Labute approximate surface area is 114 Å². The molecule has 0 spiro atoms. The van der Waals surface area contributed by atoms with Gasteiger partial charge >= 0.3 is 0 Å². The second kappa shape index (κ2) is 5.69. The second-order valence-electron chi connectivity index (χ2n) is 4.65. The van der Waals surface area contributed by atoms with Crippen molar-refractivity contribution >= 4 is 5.95 Å². The number of hydrogen-bond acceptors (Lipinski definition) is 4. The van der Waals surface area contributed by atoms with E-state index < -0.39 is 0 Å². The van der Waals surface area contributed by atoms with Gasteiger partial charge in [0.1, 0.15) is 5.75 Å². The van der Waals surface area contributed by atoms with E-state index >= 15 is 0 Å². The molecule has 0 N–H and O–H groups in total. The average molecular weight is 257 g/mol. The smallest absolute Gasteiger partial charge is 0.225 e. The minimum Gasteiger partial charge on any atom is -0.497 e. The summed E-state index contributed by atoms with van der Waals surface area (Å²) in [4.78, 5) is 11.0. The normalized spacial score (nSPS) is 10.3. The molecule has 0 radical (unpaired) electrons. The van der Waals surface area contributed by atoms with E-state index in [2.05, 4.69) is 22.1 Å². The van der Waals surface area contributed by atoms with Gasteiger partial charge in [0.25, 0.3) is 0 Å². The van der Waals surface area contributed by atoms with Gasteiger partial charge in [0.15, 0.2) is 0 Å². The van der Waals surface area contributed by atoms with Gasteiger partial charge in [-0.2, -0.15) is 0 Å². The zero-order valence-corrected chi connectivity index (χ0v) is 11.8. The van der Waals surface area contributed by atoms with Gasteiger partial charge in [-0.05, 0) is 37.6 Å². The predicted octanol–water partition coefficient (Wildman–Crippen LogP) is 2.74. The Balaban J connectivity index is 2.13. The lowest BCUT2D eigenvalue weighted by molar-refractivity contribution is 0.414. The Bertz CT molecular complexity index is 532. The molecule has 1 aromatic carbocycles. The first-order valence-corrected chi connectivity index (χ1v) is 6.25. The number of aryl methyl sites for hydroxylation is 2. The number of rotatable bonds is 4. The number of hydrogen-bond donors (Lipinski definition) is 0. The summed E-state index contributed by atoms with van der Waals surface area (Å²) in [6, 6.07) is 10.0. The molecular weight excluding hydrogens is 238 g/mol. The fourth-order valence-electron chi connectivity index (χ4n) is 1.95. The lowest BCUT2D eigenvalue weighted by atomic mass is 10.2. The van der Waals surface area contributed by atoms with Gasteiger partial charge in [-0.3, -0.25) is 0 Å². The third-order valence-electron chi connectivity index (χ3n) is 2.89. The monoisotopic (exact) mass is 257 g/mol. The minimum absolute atomic E-state index is 0.758. The molecule has 0 aliphatic carbocycles. The van der Waals surface area contributed by atoms with E-state index in [1.54, 1.807) is 7.11 Å². The number of benzene rings is 1. The third-order valence-corrected chi connectivity index (χ3v) is 2.89. The van der Waals surface area contributed by atoms with Crippen molar-refractivity contribution in [3.05, 3.63) is 47.3 Å². The van der Waals surface area contributed by atoms with E-state index in [1.807, 2.05) is 44.0 Å². The van der Waals surface area contributed by atoms with Crippen LogP contribution in [0.1, 0.15) is 17.0 Å². The van der Waals surface area contributed by atoms with Crippen LogP contribution in [0, 0.1) is 13.8 Å². The van der Waals surface area contributed by atoms with Gasteiger partial charge in [0.05, 0.1) is 7.11 Å². The Kier molecular flexibility index (Phi) is 4.00. The molecule has 2 rings (SSSR count). The van der Waals surface area contributed by atoms with Crippen molar-refractivity contribution in [3.63, 3.8) is 0 Å².